The number of amides is 1. The second-order valence-electron chi connectivity index (χ2n) is 4.24. The van der Waals surface area contributed by atoms with E-state index in [4.69, 9.17) is 4.74 Å². The highest BCUT2D eigenvalue weighted by Crippen LogP contribution is 2.23. The number of halogens is 1. The first-order chi connectivity index (χ1) is 9.10. The largest absolute Gasteiger partial charge is 0.496 e. The van der Waals surface area contributed by atoms with E-state index in [1.807, 2.05) is 18.2 Å². The Balaban J connectivity index is 2.75. The highest BCUT2D eigenvalue weighted by Gasteiger charge is 2.06. The van der Waals surface area contributed by atoms with Crippen LogP contribution in [0.5, 0.6) is 5.75 Å². The van der Waals surface area contributed by atoms with Gasteiger partial charge in [0.1, 0.15) is 5.75 Å². The molecule has 1 rings (SSSR count). The number of nitrogens with one attached hydrogen (secondary N) is 1. The average Bonchev–Trinajstić information content (AvgIpc) is 2.42. The number of benzene rings is 1. The molecule has 1 aromatic rings. The van der Waals surface area contributed by atoms with Gasteiger partial charge in [-0.2, -0.15) is 0 Å². The zero-order valence-corrected chi connectivity index (χ0v) is 13.2. The van der Waals surface area contributed by atoms with Gasteiger partial charge in [0.15, 0.2) is 0 Å². The predicted octanol–water partition coefficient (Wildman–Crippen LogP) is 3.78. The summed E-state index contributed by atoms with van der Waals surface area (Å²) in [5.74, 6) is 0.672. The van der Waals surface area contributed by atoms with Crippen LogP contribution in [0.1, 0.15) is 32.3 Å². The van der Waals surface area contributed by atoms with Crippen molar-refractivity contribution in [1.82, 2.24) is 5.32 Å². The van der Waals surface area contributed by atoms with Gasteiger partial charge in [0.2, 0.25) is 5.91 Å². The molecular weight excluding hydrogens is 306 g/mol. The van der Waals surface area contributed by atoms with E-state index >= 15 is 0 Å². The van der Waals surface area contributed by atoms with Gasteiger partial charge in [-0.25, -0.2) is 0 Å². The quantitative estimate of drug-likeness (QED) is 0.808. The molecule has 0 aliphatic rings. The molecule has 0 atom stereocenters. The second-order valence-corrected chi connectivity index (χ2v) is 5.16. The van der Waals surface area contributed by atoms with Gasteiger partial charge >= 0.3 is 0 Å². The number of carbonyl (C=O) groups is 1. The molecule has 0 saturated carbocycles. The third-order valence-corrected chi connectivity index (χ3v) is 3.43. The summed E-state index contributed by atoms with van der Waals surface area (Å²) < 4.78 is 6.20. The van der Waals surface area contributed by atoms with E-state index in [1.165, 1.54) is 0 Å². The van der Waals surface area contributed by atoms with Crippen LogP contribution in [-0.2, 0) is 4.79 Å². The van der Waals surface area contributed by atoms with E-state index in [1.54, 1.807) is 19.3 Å². The predicted molar refractivity (Wildman–Crippen MR) is 82.2 cm³/mol. The smallest absolute Gasteiger partial charge is 0.244 e. The molecule has 0 aliphatic carbocycles. The zero-order valence-electron chi connectivity index (χ0n) is 11.6. The first-order valence-corrected chi connectivity index (χ1v) is 7.22. The molecule has 0 radical (unpaired) electrons. The third-order valence-electron chi connectivity index (χ3n) is 2.94. The van der Waals surface area contributed by atoms with E-state index in [2.05, 4.69) is 35.1 Å². The van der Waals surface area contributed by atoms with Gasteiger partial charge in [-0.05, 0) is 37.1 Å². The highest BCUT2D eigenvalue weighted by atomic mass is 79.9. The minimum Gasteiger partial charge on any atom is -0.496 e. The molecule has 104 valence electrons. The Kier molecular flexibility index (Phi) is 6.64. The van der Waals surface area contributed by atoms with Gasteiger partial charge < -0.3 is 10.1 Å². The second kappa shape index (κ2) is 8.00. The van der Waals surface area contributed by atoms with Crippen molar-refractivity contribution >= 4 is 27.9 Å². The van der Waals surface area contributed by atoms with Gasteiger partial charge in [0.25, 0.3) is 0 Å². The molecule has 1 amide bonds. The van der Waals surface area contributed by atoms with Gasteiger partial charge in [-0.15, -0.1) is 0 Å². The summed E-state index contributed by atoms with van der Waals surface area (Å²) in [5.41, 5.74) is 0.872. The Morgan fingerprint density at radius 3 is 2.68 bits per heavy atom. The molecule has 1 N–H and O–H groups in total. The lowest BCUT2D eigenvalue weighted by atomic mass is 10.1. The maximum absolute atomic E-state index is 11.8. The lowest BCUT2D eigenvalue weighted by Crippen LogP contribution is -2.32. The number of hydrogen-bond donors (Lipinski definition) is 1. The van der Waals surface area contributed by atoms with Crippen molar-refractivity contribution in [3.8, 4) is 5.75 Å². The maximum atomic E-state index is 11.8. The first kappa shape index (κ1) is 15.8. The first-order valence-electron chi connectivity index (χ1n) is 6.42. The van der Waals surface area contributed by atoms with Gasteiger partial charge in [-0.1, -0.05) is 29.8 Å². The monoisotopic (exact) mass is 325 g/mol. The number of methoxy groups -OCH3 is 1. The van der Waals surface area contributed by atoms with E-state index in [0.29, 0.717) is 0 Å². The Labute approximate surface area is 123 Å². The molecule has 0 bridgehead atoms. The van der Waals surface area contributed by atoms with E-state index < -0.39 is 0 Å². The molecule has 0 heterocycles. The SMILES string of the molecule is CCC(CC)NC(=O)/C=C/c1cc(Br)ccc1OC. The van der Waals surface area contributed by atoms with Crippen LogP contribution in [0.15, 0.2) is 28.7 Å². The molecule has 0 aromatic heterocycles. The normalized spacial score (nSPS) is 11.0. The number of carbonyl (C=O) groups excluding carboxylic acids is 1. The fraction of sp³-hybridized carbons (Fsp3) is 0.400. The van der Waals surface area contributed by atoms with Crippen molar-refractivity contribution < 1.29 is 9.53 Å². The van der Waals surface area contributed by atoms with Crippen LogP contribution in [-0.4, -0.2) is 19.1 Å². The molecule has 3 nitrogen and oxygen atoms in total. The van der Waals surface area contributed by atoms with E-state index in [0.717, 1.165) is 28.6 Å². The van der Waals surface area contributed by atoms with Crippen molar-refractivity contribution in [2.45, 2.75) is 32.7 Å². The molecule has 0 aliphatic heterocycles. The lowest BCUT2D eigenvalue weighted by Gasteiger charge is -2.12. The maximum Gasteiger partial charge on any atom is 0.244 e. The fourth-order valence-corrected chi connectivity index (χ4v) is 2.12. The summed E-state index contributed by atoms with van der Waals surface area (Å²) in [4.78, 5) is 11.8. The Morgan fingerprint density at radius 2 is 2.11 bits per heavy atom. The van der Waals surface area contributed by atoms with Crippen LogP contribution >= 0.6 is 15.9 Å². The number of rotatable bonds is 6. The summed E-state index contributed by atoms with van der Waals surface area (Å²) in [7, 11) is 1.62. The summed E-state index contributed by atoms with van der Waals surface area (Å²) >= 11 is 3.41. The topological polar surface area (TPSA) is 38.3 Å². The van der Waals surface area contributed by atoms with Crippen molar-refractivity contribution in [3.63, 3.8) is 0 Å². The van der Waals surface area contributed by atoms with E-state index in [-0.39, 0.29) is 11.9 Å². The standard InChI is InChI=1S/C15H20BrNO2/c1-4-13(5-2)17-15(18)9-6-11-10-12(16)7-8-14(11)19-3/h6-10,13H,4-5H2,1-3H3,(H,17,18)/b9-6+. The number of ether oxygens (including phenoxy) is 1. The van der Waals surface area contributed by atoms with Crippen LogP contribution in [0.2, 0.25) is 0 Å². The van der Waals surface area contributed by atoms with Crippen LogP contribution < -0.4 is 10.1 Å². The van der Waals surface area contributed by atoms with Gasteiger partial charge in [-0.3, -0.25) is 4.79 Å². The Morgan fingerprint density at radius 1 is 1.42 bits per heavy atom. The molecule has 0 spiro atoms. The molecular formula is C15H20BrNO2. The van der Waals surface area contributed by atoms with E-state index in [9.17, 15) is 4.79 Å². The van der Waals surface area contributed by atoms with Crippen molar-refractivity contribution in [1.29, 1.82) is 0 Å². The van der Waals surface area contributed by atoms with Crippen molar-refractivity contribution in [2.24, 2.45) is 0 Å². The van der Waals surface area contributed by atoms with Crippen molar-refractivity contribution in [3.05, 3.63) is 34.3 Å². The summed E-state index contributed by atoms with van der Waals surface area (Å²) in [6.07, 6.45) is 5.19. The third kappa shape index (κ3) is 5.07. The highest BCUT2D eigenvalue weighted by molar-refractivity contribution is 9.10. The molecule has 0 fully saturated rings. The summed E-state index contributed by atoms with van der Waals surface area (Å²) in [6.45, 7) is 4.13. The molecule has 1 aromatic carbocycles. The van der Waals surface area contributed by atoms with Gasteiger partial charge in [0, 0.05) is 22.2 Å². The lowest BCUT2D eigenvalue weighted by molar-refractivity contribution is -0.117. The Bertz CT molecular complexity index is 453. The molecule has 0 saturated heterocycles. The minimum absolute atomic E-state index is 0.0734. The van der Waals surface area contributed by atoms with Gasteiger partial charge in [0.05, 0.1) is 7.11 Å². The fourth-order valence-electron chi connectivity index (χ4n) is 1.74. The number of hydrogen-bond acceptors (Lipinski definition) is 2. The zero-order chi connectivity index (χ0) is 14.3. The molecule has 0 unspecified atom stereocenters. The molecule has 4 heteroatoms. The Hall–Kier alpha value is -1.29. The van der Waals surface area contributed by atoms with Crippen molar-refractivity contribution in [2.75, 3.05) is 7.11 Å². The van der Waals surface area contributed by atoms with Crippen LogP contribution in [0.25, 0.3) is 6.08 Å². The van der Waals surface area contributed by atoms with Crippen LogP contribution in [0, 0.1) is 0 Å². The average molecular weight is 326 g/mol. The van der Waals surface area contributed by atoms with Crippen LogP contribution in [0.3, 0.4) is 0 Å². The summed E-state index contributed by atoms with van der Waals surface area (Å²) in [6, 6.07) is 5.92. The minimum atomic E-state index is -0.0734. The van der Waals surface area contributed by atoms with Crippen LogP contribution in [0.4, 0.5) is 0 Å². The summed E-state index contributed by atoms with van der Waals surface area (Å²) in [5, 5.41) is 2.96. The molecule has 19 heavy (non-hydrogen) atoms.